The van der Waals surface area contributed by atoms with E-state index >= 15 is 0 Å². The fraction of sp³-hybridized carbons (Fsp3) is 0.562. The van der Waals surface area contributed by atoms with Gasteiger partial charge in [-0.15, -0.1) is 0 Å². The Balaban J connectivity index is 1.86. The Bertz CT molecular complexity index is 452. The Morgan fingerprint density at radius 3 is 2.50 bits per heavy atom. The van der Waals surface area contributed by atoms with Gasteiger partial charge in [0.05, 0.1) is 6.61 Å². The van der Waals surface area contributed by atoms with Gasteiger partial charge in [-0.2, -0.15) is 0 Å². The number of nitrogens with two attached hydrogens (primary N) is 1. The summed E-state index contributed by atoms with van der Waals surface area (Å²) in [6.45, 7) is 3.24. The lowest BCUT2D eigenvalue weighted by molar-refractivity contribution is -0.132. The van der Waals surface area contributed by atoms with Gasteiger partial charge in [-0.3, -0.25) is 4.79 Å². The first kappa shape index (κ1) is 14.9. The van der Waals surface area contributed by atoms with Crippen LogP contribution in [0.1, 0.15) is 38.2 Å². The van der Waals surface area contributed by atoms with Gasteiger partial charge >= 0.3 is 0 Å². The summed E-state index contributed by atoms with van der Waals surface area (Å²) in [5.74, 6) is 0.988. The molecule has 1 aliphatic rings. The van der Waals surface area contributed by atoms with Gasteiger partial charge in [0, 0.05) is 25.6 Å². The highest BCUT2D eigenvalue weighted by Crippen LogP contribution is 2.32. The predicted molar refractivity (Wildman–Crippen MR) is 79.5 cm³/mol. The fourth-order valence-electron chi connectivity index (χ4n) is 2.46. The van der Waals surface area contributed by atoms with E-state index in [1.54, 1.807) is 4.90 Å². The van der Waals surface area contributed by atoms with Crippen LogP contribution in [0.4, 0.5) is 0 Å². The third kappa shape index (κ3) is 3.73. The van der Waals surface area contributed by atoms with Crippen LogP contribution in [-0.4, -0.2) is 30.0 Å². The van der Waals surface area contributed by atoms with Crippen LogP contribution < -0.4 is 10.5 Å². The molecule has 20 heavy (non-hydrogen) atoms. The molecule has 2 rings (SSSR count). The van der Waals surface area contributed by atoms with E-state index in [0.717, 1.165) is 30.6 Å². The second-order valence-electron chi connectivity index (χ2n) is 5.72. The average Bonchev–Trinajstić information content (AvgIpc) is 2.39. The van der Waals surface area contributed by atoms with Gasteiger partial charge in [0.2, 0.25) is 5.91 Å². The average molecular weight is 276 g/mol. The van der Waals surface area contributed by atoms with Crippen LogP contribution >= 0.6 is 0 Å². The van der Waals surface area contributed by atoms with E-state index in [0.29, 0.717) is 19.6 Å². The number of hydrogen-bond donors (Lipinski definition) is 1. The lowest BCUT2D eigenvalue weighted by Crippen LogP contribution is -2.50. The van der Waals surface area contributed by atoms with Gasteiger partial charge in [0.15, 0.2) is 0 Å². The molecule has 2 N–H and O–H groups in total. The maximum Gasteiger partial charge on any atom is 0.224 e. The molecule has 0 radical (unpaired) electrons. The normalized spacial score (nSPS) is 16.4. The highest BCUT2D eigenvalue weighted by molar-refractivity contribution is 5.77. The summed E-state index contributed by atoms with van der Waals surface area (Å²) in [4.78, 5) is 13.9. The van der Waals surface area contributed by atoms with Gasteiger partial charge in [-0.05, 0) is 43.9 Å². The van der Waals surface area contributed by atoms with E-state index in [2.05, 4.69) is 0 Å². The number of hydrogen-bond acceptors (Lipinski definition) is 3. The number of benzene rings is 1. The van der Waals surface area contributed by atoms with E-state index in [9.17, 15) is 4.79 Å². The molecule has 1 fully saturated rings. The molecular weight excluding hydrogens is 252 g/mol. The van der Waals surface area contributed by atoms with Crippen molar-refractivity contribution in [3.63, 3.8) is 0 Å². The van der Waals surface area contributed by atoms with Gasteiger partial charge in [0.25, 0.3) is 0 Å². The van der Waals surface area contributed by atoms with Crippen LogP contribution in [-0.2, 0) is 11.3 Å². The van der Waals surface area contributed by atoms with E-state index in [4.69, 9.17) is 10.5 Å². The van der Waals surface area contributed by atoms with Crippen molar-refractivity contribution in [2.75, 3.05) is 13.7 Å². The molecule has 110 valence electrons. The first-order valence-electron chi connectivity index (χ1n) is 7.27. The first-order chi connectivity index (χ1) is 9.52. The number of nitrogens with zero attached hydrogens (tertiary/aromatic N) is 1. The molecule has 0 spiro atoms. The van der Waals surface area contributed by atoms with Crippen LogP contribution in [0.3, 0.4) is 0 Å². The summed E-state index contributed by atoms with van der Waals surface area (Å²) in [6.07, 6.45) is 3.54. The second kappa shape index (κ2) is 6.27. The Kier molecular flexibility index (Phi) is 4.65. The van der Waals surface area contributed by atoms with Gasteiger partial charge in [-0.25, -0.2) is 0 Å². The summed E-state index contributed by atoms with van der Waals surface area (Å²) in [5.41, 5.74) is 6.98. The van der Waals surface area contributed by atoms with E-state index in [-0.39, 0.29) is 11.4 Å². The standard InChI is InChI=1S/C16H24N2O2/c1-3-20-14-7-5-13(6-8-14)12-18(2)15(19)11-16(17)9-4-10-16/h5-8H,3-4,9-12,17H2,1-2H3. The van der Waals surface area contributed by atoms with Crippen LogP contribution in [0.15, 0.2) is 24.3 Å². The molecule has 0 bridgehead atoms. The third-order valence-corrected chi connectivity index (χ3v) is 3.93. The fourth-order valence-corrected chi connectivity index (χ4v) is 2.46. The summed E-state index contributed by atoms with van der Waals surface area (Å²) in [7, 11) is 1.83. The molecule has 1 amide bonds. The van der Waals surface area contributed by atoms with Crippen molar-refractivity contribution in [2.45, 2.75) is 44.7 Å². The number of rotatable bonds is 6. The smallest absolute Gasteiger partial charge is 0.224 e. The lowest BCUT2D eigenvalue weighted by Gasteiger charge is -2.38. The maximum atomic E-state index is 12.1. The molecule has 4 nitrogen and oxygen atoms in total. The highest BCUT2D eigenvalue weighted by Gasteiger charge is 2.35. The van der Waals surface area contributed by atoms with Crippen LogP contribution in [0.2, 0.25) is 0 Å². The molecule has 0 aromatic heterocycles. The van der Waals surface area contributed by atoms with E-state index in [1.807, 2.05) is 38.2 Å². The molecular formula is C16H24N2O2. The number of ether oxygens (including phenoxy) is 1. The summed E-state index contributed by atoms with van der Waals surface area (Å²) < 4.78 is 5.40. The highest BCUT2D eigenvalue weighted by atomic mass is 16.5. The molecule has 0 unspecified atom stereocenters. The monoisotopic (exact) mass is 276 g/mol. The molecule has 1 aliphatic carbocycles. The van der Waals surface area contributed by atoms with Gasteiger partial charge in [0.1, 0.15) is 5.75 Å². The molecule has 1 aromatic rings. The zero-order chi connectivity index (χ0) is 14.6. The molecule has 1 aromatic carbocycles. The minimum atomic E-state index is -0.246. The molecule has 0 saturated heterocycles. The molecule has 1 saturated carbocycles. The van der Waals surface area contributed by atoms with Crippen molar-refractivity contribution in [1.29, 1.82) is 0 Å². The Morgan fingerprint density at radius 2 is 2.00 bits per heavy atom. The molecule has 0 aliphatic heterocycles. The molecule has 0 atom stereocenters. The number of carbonyl (C=O) groups excluding carboxylic acids is 1. The van der Waals surface area contributed by atoms with Crippen molar-refractivity contribution >= 4 is 5.91 Å². The Morgan fingerprint density at radius 1 is 1.35 bits per heavy atom. The van der Waals surface area contributed by atoms with E-state index < -0.39 is 0 Å². The lowest BCUT2D eigenvalue weighted by atomic mass is 9.75. The summed E-state index contributed by atoms with van der Waals surface area (Å²) >= 11 is 0. The topological polar surface area (TPSA) is 55.6 Å². The number of amides is 1. The van der Waals surface area contributed by atoms with Gasteiger partial charge in [-0.1, -0.05) is 12.1 Å². The SMILES string of the molecule is CCOc1ccc(CN(C)C(=O)CC2(N)CCC2)cc1. The van der Waals surface area contributed by atoms with Crippen molar-refractivity contribution in [3.05, 3.63) is 29.8 Å². The maximum absolute atomic E-state index is 12.1. The van der Waals surface area contributed by atoms with Crippen LogP contribution in [0, 0.1) is 0 Å². The van der Waals surface area contributed by atoms with Crippen molar-refractivity contribution in [1.82, 2.24) is 4.90 Å². The molecule has 0 heterocycles. The Hall–Kier alpha value is -1.55. The van der Waals surface area contributed by atoms with Crippen LogP contribution in [0.25, 0.3) is 0 Å². The largest absolute Gasteiger partial charge is 0.494 e. The summed E-state index contributed by atoms with van der Waals surface area (Å²) in [5, 5.41) is 0. The summed E-state index contributed by atoms with van der Waals surface area (Å²) in [6, 6.07) is 7.87. The Labute approximate surface area is 120 Å². The third-order valence-electron chi connectivity index (χ3n) is 3.93. The zero-order valence-electron chi connectivity index (χ0n) is 12.4. The molecule has 4 heteroatoms. The predicted octanol–water partition coefficient (Wildman–Crippen LogP) is 2.32. The zero-order valence-corrected chi connectivity index (χ0v) is 12.4. The van der Waals surface area contributed by atoms with Crippen LogP contribution in [0.5, 0.6) is 5.75 Å². The second-order valence-corrected chi connectivity index (χ2v) is 5.72. The van der Waals surface area contributed by atoms with Gasteiger partial charge < -0.3 is 15.4 Å². The van der Waals surface area contributed by atoms with Crippen molar-refractivity contribution in [2.24, 2.45) is 5.73 Å². The van der Waals surface area contributed by atoms with Crippen molar-refractivity contribution in [3.8, 4) is 5.75 Å². The minimum absolute atomic E-state index is 0.126. The first-order valence-corrected chi connectivity index (χ1v) is 7.27. The minimum Gasteiger partial charge on any atom is -0.494 e. The van der Waals surface area contributed by atoms with E-state index in [1.165, 1.54) is 0 Å². The quantitative estimate of drug-likeness (QED) is 0.867. The van der Waals surface area contributed by atoms with Crippen molar-refractivity contribution < 1.29 is 9.53 Å². The number of carbonyl (C=O) groups is 1.